The highest BCUT2D eigenvalue weighted by Crippen LogP contribution is 2.39. The molecule has 0 aromatic carbocycles. The number of rotatable bonds is 2. The Hall–Kier alpha value is -1.45. The molecule has 1 aliphatic heterocycles. The van der Waals surface area contributed by atoms with Crippen LogP contribution in [0.2, 0.25) is 0 Å². The van der Waals surface area contributed by atoms with E-state index in [4.69, 9.17) is 0 Å². The van der Waals surface area contributed by atoms with E-state index in [1.165, 1.54) is 6.08 Å². The van der Waals surface area contributed by atoms with Crippen molar-refractivity contribution in [2.75, 3.05) is 13.1 Å². The maximum atomic E-state index is 12.1. The highest BCUT2D eigenvalue weighted by molar-refractivity contribution is 7.87. The Kier molecular flexibility index (Phi) is 3.15. The summed E-state index contributed by atoms with van der Waals surface area (Å²) in [4.78, 5) is 11.6. The van der Waals surface area contributed by atoms with Crippen LogP contribution in [0.1, 0.15) is 6.42 Å². The number of hydrogen-bond acceptors (Lipinski definition) is 5. The number of halogens is 3. The summed E-state index contributed by atoms with van der Waals surface area (Å²) in [6, 6.07) is 0. The minimum absolute atomic E-state index is 0.0379. The van der Waals surface area contributed by atoms with Gasteiger partial charge in [0.15, 0.2) is 0 Å². The number of hydrogen-bond donors (Lipinski definition) is 0. The molecule has 1 saturated heterocycles. The van der Waals surface area contributed by atoms with Crippen molar-refractivity contribution in [3.63, 3.8) is 0 Å². The number of carbonyl (C=O) groups excluding carboxylic acids is 1. The third-order valence-electron chi connectivity index (χ3n) is 3.11. The topological polar surface area (TPSA) is 86.7 Å². The quantitative estimate of drug-likeness (QED) is 0.530. The van der Waals surface area contributed by atoms with Gasteiger partial charge in [-0.1, -0.05) is 0 Å². The summed E-state index contributed by atoms with van der Waals surface area (Å²) >= 11 is 0. The van der Waals surface area contributed by atoms with Crippen LogP contribution in [0.5, 0.6) is 0 Å². The Labute approximate surface area is 106 Å². The van der Waals surface area contributed by atoms with Crippen LogP contribution in [0, 0.1) is 11.8 Å². The van der Waals surface area contributed by atoms with E-state index >= 15 is 0 Å². The van der Waals surface area contributed by atoms with Gasteiger partial charge in [0.1, 0.15) is 11.9 Å². The Bertz CT molecular complexity index is 526. The maximum absolute atomic E-state index is 12.1. The second-order valence-corrected chi connectivity index (χ2v) is 5.95. The Morgan fingerprint density at radius 3 is 2.53 bits per heavy atom. The highest BCUT2D eigenvalue weighted by Gasteiger charge is 2.50. The zero-order valence-electron chi connectivity index (χ0n) is 9.38. The number of amides is 1. The van der Waals surface area contributed by atoms with E-state index in [1.807, 2.05) is 0 Å². The zero-order valence-corrected chi connectivity index (χ0v) is 10.2. The number of fused-ring (bicyclic) bond motifs is 1. The zero-order chi connectivity index (χ0) is 14.4. The van der Waals surface area contributed by atoms with E-state index in [1.54, 1.807) is 0 Å². The fourth-order valence-electron chi connectivity index (χ4n) is 2.27. The first kappa shape index (κ1) is 14.0. The number of allylic oxidation sites excluding steroid dienone is 1. The van der Waals surface area contributed by atoms with Gasteiger partial charge < -0.3 is 19.0 Å². The molecular formula is C9H9F3NO5S-. The molecule has 1 aliphatic carbocycles. The molecule has 0 saturated carbocycles. The van der Waals surface area contributed by atoms with E-state index in [9.17, 15) is 31.5 Å². The van der Waals surface area contributed by atoms with Crippen molar-refractivity contribution < 1.29 is 35.7 Å². The second kappa shape index (κ2) is 4.29. The van der Waals surface area contributed by atoms with Gasteiger partial charge in [-0.2, -0.15) is 21.6 Å². The van der Waals surface area contributed by atoms with Crippen molar-refractivity contribution in [2.45, 2.75) is 11.9 Å². The third kappa shape index (κ3) is 2.62. The van der Waals surface area contributed by atoms with Crippen molar-refractivity contribution >= 4 is 16.2 Å². The molecule has 2 rings (SSSR count). The summed E-state index contributed by atoms with van der Waals surface area (Å²) in [6.07, 6.45) is -0.158. The molecule has 0 N–H and O–H groups in total. The molecule has 2 unspecified atom stereocenters. The van der Waals surface area contributed by atoms with Gasteiger partial charge >= 0.3 is 15.6 Å². The smallest absolute Gasteiger partial charge is 0.530 e. The van der Waals surface area contributed by atoms with Crippen molar-refractivity contribution in [3.05, 3.63) is 11.8 Å². The lowest BCUT2D eigenvalue weighted by Crippen LogP contribution is -2.40. The molecule has 0 aromatic rings. The predicted molar refractivity (Wildman–Crippen MR) is 52.7 cm³/mol. The summed E-state index contributed by atoms with van der Waals surface area (Å²) < 4.78 is 61.9. The summed E-state index contributed by atoms with van der Waals surface area (Å²) in [7, 11) is -5.65. The van der Waals surface area contributed by atoms with E-state index in [0.29, 0.717) is 0 Å². The molecule has 0 radical (unpaired) electrons. The Morgan fingerprint density at radius 1 is 1.42 bits per heavy atom. The number of carboxylic acid groups (broad SMARTS) is 1. The third-order valence-corrected chi connectivity index (χ3v) is 4.11. The average molecular weight is 300 g/mol. The number of alkyl halides is 3. The van der Waals surface area contributed by atoms with Gasteiger partial charge in [-0.25, -0.2) is 0 Å². The van der Waals surface area contributed by atoms with Crippen LogP contribution in [-0.2, 0) is 14.3 Å². The molecule has 0 bridgehead atoms. The molecule has 0 aromatic heterocycles. The lowest BCUT2D eigenvalue weighted by atomic mass is 10.0. The van der Waals surface area contributed by atoms with Gasteiger partial charge in [-0.15, -0.1) is 0 Å². The average Bonchev–Trinajstić information content (AvgIpc) is 2.71. The van der Waals surface area contributed by atoms with E-state index < -0.39 is 21.7 Å². The van der Waals surface area contributed by atoms with Crippen molar-refractivity contribution in [1.82, 2.24) is 4.90 Å². The SMILES string of the molecule is O=C([O-])N1CC2C=C(OS(=O)(=O)C(F)(F)F)CC2C1. The summed E-state index contributed by atoms with van der Waals surface area (Å²) in [5, 5.41) is 10.6. The number of likely N-dealkylation sites (tertiary alicyclic amines) is 1. The first-order valence-corrected chi connectivity index (χ1v) is 6.68. The van der Waals surface area contributed by atoms with Crippen LogP contribution < -0.4 is 5.11 Å². The normalized spacial score (nSPS) is 27.1. The van der Waals surface area contributed by atoms with Crippen LogP contribution in [0.25, 0.3) is 0 Å². The first-order valence-electron chi connectivity index (χ1n) is 5.27. The van der Waals surface area contributed by atoms with Gasteiger partial charge in [-0.05, 0) is 12.0 Å². The van der Waals surface area contributed by atoms with E-state index in [2.05, 4.69) is 4.18 Å². The number of carbonyl (C=O) groups is 1. The van der Waals surface area contributed by atoms with Gasteiger partial charge in [0.25, 0.3) is 0 Å². The monoisotopic (exact) mass is 300 g/mol. The molecule has 10 heteroatoms. The molecule has 2 atom stereocenters. The lowest BCUT2D eigenvalue weighted by molar-refractivity contribution is -0.264. The van der Waals surface area contributed by atoms with Crippen LogP contribution in [0.4, 0.5) is 18.0 Å². The fraction of sp³-hybridized carbons (Fsp3) is 0.667. The first-order chi connectivity index (χ1) is 8.60. The van der Waals surface area contributed by atoms with Crippen LogP contribution in [-0.4, -0.2) is 38.0 Å². The molecule has 2 aliphatic rings. The van der Waals surface area contributed by atoms with Crippen LogP contribution in [0.3, 0.4) is 0 Å². The molecule has 6 nitrogen and oxygen atoms in total. The summed E-state index contributed by atoms with van der Waals surface area (Å²) in [5.41, 5.74) is -5.47. The fourth-order valence-corrected chi connectivity index (χ4v) is 2.77. The second-order valence-electron chi connectivity index (χ2n) is 4.42. The van der Waals surface area contributed by atoms with Gasteiger partial charge in [-0.3, -0.25) is 0 Å². The van der Waals surface area contributed by atoms with Crippen molar-refractivity contribution in [3.8, 4) is 0 Å². The largest absolute Gasteiger partial charge is 0.534 e. The van der Waals surface area contributed by atoms with Crippen molar-refractivity contribution in [1.29, 1.82) is 0 Å². The molecule has 1 heterocycles. The van der Waals surface area contributed by atoms with Gasteiger partial charge in [0, 0.05) is 25.4 Å². The van der Waals surface area contributed by atoms with Crippen LogP contribution >= 0.6 is 0 Å². The molecular weight excluding hydrogens is 291 g/mol. The molecule has 19 heavy (non-hydrogen) atoms. The Morgan fingerprint density at radius 2 is 2.05 bits per heavy atom. The summed E-state index contributed by atoms with van der Waals surface area (Å²) in [6.45, 7) is 0.175. The minimum Gasteiger partial charge on any atom is -0.530 e. The van der Waals surface area contributed by atoms with E-state index in [-0.39, 0.29) is 37.1 Å². The molecule has 1 fully saturated rings. The van der Waals surface area contributed by atoms with E-state index in [0.717, 1.165) is 4.90 Å². The highest BCUT2D eigenvalue weighted by atomic mass is 32.2. The minimum atomic E-state index is -5.65. The predicted octanol–water partition coefficient (Wildman–Crippen LogP) is 0.0315. The summed E-state index contributed by atoms with van der Waals surface area (Å²) in [5.74, 6) is -0.891. The Balaban J connectivity index is 2.04. The van der Waals surface area contributed by atoms with Gasteiger partial charge in [0.05, 0.1) is 0 Å². The van der Waals surface area contributed by atoms with Crippen molar-refractivity contribution in [2.24, 2.45) is 11.8 Å². The standard InChI is InChI=1S/C9H10F3NO5S/c10-9(11,12)19(16,17)18-7-1-5-3-13(8(14)15)4-6(5)2-7/h1,5-6H,2-4H2,(H,14,15)/p-1. The van der Waals surface area contributed by atoms with Crippen LogP contribution in [0.15, 0.2) is 11.8 Å². The molecule has 1 amide bonds. The lowest BCUT2D eigenvalue weighted by Gasteiger charge is -2.19. The maximum Gasteiger partial charge on any atom is 0.534 e. The molecule has 108 valence electrons. The molecule has 0 spiro atoms. The van der Waals surface area contributed by atoms with Gasteiger partial charge in [0.2, 0.25) is 0 Å². The number of nitrogens with zero attached hydrogens (tertiary/aromatic N) is 1.